The van der Waals surface area contributed by atoms with Crippen LogP contribution in [-0.2, 0) is 31.6 Å². The SMILES string of the molecule is Cn1c(=O)n(-c2ccc(OCc3ccccc3)nc2OCc2ccccc2)c2ccc(-c3ccc(NC(=O)OCc4ccccc4)cc3)cc21. The van der Waals surface area contributed by atoms with Crippen molar-refractivity contribution in [2.24, 2.45) is 7.05 Å². The number of amides is 1. The van der Waals surface area contributed by atoms with Gasteiger partial charge >= 0.3 is 11.8 Å². The molecule has 5 aromatic carbocycles. The Bertz CT molecular complexity index is 2280. The monoisotopic (exact) mass is 662 g/mol. The summed E-state index contributed by atoms with van der Waals surface area (Å²) < 4.78 is 20.8. The van der Waals surface area contributed by atoms with Gasteiger partial charge in [0.1, 0.15) is 25.5 Å². The Morgan fingerprint density at radius 2 is 1.22 bits per heavy atom. The molecule has 0 aliphatic rings. The Kier molecular flexibility index (Phi) is 9.37. The van der Waals surface area contributed by atoms with Crippen molar-refractivity contribution in [1.29, 1.82) is 0 Å². The number of aryl methyl sites for hydroxylation is 1. The maximum absolute atomic E-state index is 13.8. The highest BCUT2D eigenvalue weighted by molar-refractivity contribution is 5.87. The number of carbonyl (C=O) groups excluding carboxylic acids is 1. The lowest BCUT2D eigenvalue weighted by Crippen LogP contribution is -2.21. The molecule has 0 fully saturated rings. The first-order valence-corrected chi connectivity index (χ1v) is 16.2. The van der Waals surface area contributed by atoms with Gasteiger partial charge in [-0.05, 0) is 58.1 Å². The van der Waals surface area contributed by atoms with E-state index >= 15 is 0 Å². The van der Waals surface area contributed by atoms with Gasteiger partial charge in [-0.15, -0.1) is 0 Å². The van der Waals surface area contributed by atoms with Crippen molar-refractivity contribution in [1.82, 2.24) is 14.1 Å². The normalized spacial score (nSPS) is 10.9. The number of imidazole rings is 1. The lowest BCUT2D eigenvalue weighted by molar-refractivity contribution is 0.155. The minimum Gasteiger partial charge on any atom is -0.473 e. The molecule has 2 aromatic heterocycles. The summed E-state index contributed by atoms with van der Waals surface area (Å²) in [5.74, 6) is 0.669. The van der Waals surface area contributed by atoms with Gasteiger partial charge in [0.25, 0.3) is 0 Å². The van der Waals surface area contributed by atoms with Gasteiger partial charge in [0.05, 0.1) is 11.0 Å². The second-order valence-corrected chi connectivity index (χ2v) is 11.7. The number of nitrogens with one attached hydrogen (secondary N) is 1. The number of rotatable bonds is 11. The first kappa shape index (κ1) is 32.0. The summed E-state index contributed by atoms with van der Waals surface area (Å²) in [6.45, 7) is 0.798. The van der Waals surface area contributed by atoms with Gasteiger partial charge in [-0.1, -0.05) is 109 Å². The number of nitrogens with zero attached hydrogens (tertiary/aromatic N) is 3. The van der Waals surface area contributed by atoms with Crippen LogP contribution >= 0.6 is 0 Å². The first-order chi connectivity index (χ1) is 24.5. The van der Waals surface area contributed by atoms with Crippen molar-refractivity contribution in [2.45, 2.75) is 19.8 Å². The summed E-state index contributed by atoms with van der Waals surface area (Å²) in [6.07, 6.45) is -0.531. The zero-order valence-corrected chi connectivity index (χ0v) is 27.4. The third-order valence-electron chi connectivity index (χ3n) is 8.24. The molecule has 248 valence electrons. The maximum atomic E-state index is 13.8. The predicted molar refractivity (Wildman–Crippen MR) is 194 cm³/mol. The molecule has 0 aliphatic carbocycles. The standard InChI is InChI=1S/C41H34N4O5/c1-44-37-25-33(32-17-20-34(21-18-32)42-40(46)50-28-31-15-9-4-10-16-31)19-22-35(37)45(41(44)47)36-23-24-38(48-26-29-11-5-2-6-12-29)43-39(36)49-27-30-13-7-3-8-14-30/h2-25H,26-28H2,1H3,(H,42,46). The molecule has 0 spiro atoms. The molecule has 0 saturated carbocycles. The minimum absolute atomic E-state index is 0.187. The van der Waals surface area contributed by atoms with E-state index in [-0.39, 0.29) is 24.8 Å². The lowest BCUT2D eigenvalue weighted by Gasteiger charge is -2.14. The van der Waals surface area contributed by atoms with Gasteiger partial charge in [0.15, 0.2) is 0 Å². The highest BCUT2D eigenvalue weighted by Gasteiger charge is 2.19. The number of benzene rings is 5. The number of aromatic nitrogens is 3. The summed E-state index contributed by atoms with van der Waals surface area (Å²) >= 11 is 0. The van der Waals surface area contributed by atoms with Crippen LogP contribution in [-0.4, -0.2) is 20.2 Å². The van der Waals surface area contributed by atoms with Crippen LogP contribution in [0.5, 0.6) is 11.8 Å². The van der Waals surface area contributed by atoms with E-state index in [9.17, 15) is 9.59 Å². The molecule has 0 unspecified atom stereocenters. The van der Waals surface area contributed by atoms with E-state index in [0.717, 1.165) is 33.3 Å². The molecule has 0 aliphatic heterocycles. The van der Waals surface area contributed by atoms with Crippen molar-refractivity contribution in [3.05, 3.63) is 173 Å². The molecule has 0 bridgehead atoms. The van der Waals surface area contributed by atoms with E-state index < -0.39 is 6.09 Å². The quantitative estimate of drug-likeness (QED) is 0.150. The number of hydrogen-bond acceptors (Lipinski definition) is 6. The molecule has 0 saturated heterocycles. The van der Waals surface area contributed by atoms with E-state index in [1.807, 2.05) is 133 Å². The van der Waals surface area contributed by atoms with E-state index in [0.29, 0.717) is 29.4 Å². The van der Waals surface area contributed by atoms with E-state index in [1.54, 1.807) is 28.3 Å². The van der Waals surface area contributed by atoms with Gasteiger partial charge in [-0.3, -0.25) is 14.5 Å². The van der Waals surface area contributed by atoms with Gasteiger partial charge < -0.3 is 14.2 Å². The van der Waals surface area contributed by atoms with Gasteiger partial charge in [0, 0.05) is 18.8 Å². The largest absolute Gasteiger partial charge is 0.473 e. The first-order valence-electron chi connectivity index (χ1n) is 16.2. The van der Waals surface area contributed by atoms with Gasteiger partial charge in [0.2, 0.25) is 11.8 Å². The molecule has 0 radical (unpaired) electrons. The molecule has 1 amide bonds. The molecule has 7 rings (SSSR count). The highest BCUT2D eigenvalue weighted by Crippen LogP contribution is 2.30. The molecule has 1 N–H and O–H groups in total. The van der Waals surface area contributed by atoms with Gasteiger partial charge in [-0.2, -0.15) is 4.98 Å². The number of ether oxygens (including phenoxy) is 3. The van der Waals surface area contributed by atoms with Crippen molar-refractivity contribution in [2.75, 3.05) is 5.32 Å². The second kappa shape index (κ2) is 14.7. The predicted octanol–water partition coefficient (Wildman–Crippen LogP) is 8.30. The smallest absolute Gasteiger partial charge is 0.411 e. The fraction of sp³-hybridized carbons (Fsp3) is 0.0976. The Morgan fingerprint density at radius 3 is 1.86 bits per heavy atom. The summed E-state index contributed by atoms with van der Waals surface area (Å²) in [5.41, 5.74) is 7.03. The third kappa shape index (κ3) is 7.27. The number of hydrogen-bond donors (Lipinski definition) is 1. The number of anilines is 1. The summed E-state index contributed by atoms with van der Waals surface area (Å²) in [7, 11) is 1.74. The summed E-state index contributed by atoms with van der Waals surface area (Å²) in [6, 6.07) is 46.0. The van der Waals surface area contributed by atoms with Crippen LogP contribution < -0.4 is 20.5 Å². The van der Waals surface area contributed by atoms with Crippen LogP contribution in [0.1, 0.15) is 16.7 Å². The zero-order chi connectivity index (χ0) is 34.3. The van der Waals surface area contributed by atoms with Crippen molar-refractivity contribution >= 4 is 22.8 Å². The molecular weight excluding hydrogens is 628 g/mol. The van der Waals surface area contributed by atoms with Crippen LogP contribution in [0.15, 0.2) is 150 Å². The van der Waals surface area contributed by atoms with Crippen molar-refractivity contribution < 1.29 is 19.0 Å². The Labute approximate surface area is 289 Å². The minimum atomic E-state index is -0.531. The topological polar surface area (TPSA) is 96.6 Å². The molecule has 0 atom stereocenters. The molecule has 50 heavy (non-hydrogen) atoms. The van der Waals surface area contributed by atoms with Crippen LogP contribution in [0.2, 0.25) is 0 Å². The highest BCUT2D eigenvalue weighted by atomic mass is 16.5. The third-order valence-corrected chi connectivity index (χ3v) is 8.24. The molecule has 9 nitrogen and oxygen atoms in total. The van der Waals surface area contributed by atoms with Crippen molar-refractivity contribution in [3.8, 4) is 28.6 Å². The Hall–Kier alpha value is -6.61. The summed E-state index contributed by atoms with van der Waals surface area (Å²) in [5, 5.41) is 2.77. The van der Waals surface area contributed by atoms with Crippen LogP contribution in [0.3, 0.4) is 0 Å². The number of fused-ring (bicyclic) bond motifs is 1. The number of pyridine rings is 1. The molecule has 2 heterocycles. The van der Waals surface area contributed by atoms with Crippen LogP contribution in [0.25, 0.3) is 27.8 Å². The van der Waals surface area contributed by atoms with E-state index in [2.05, 4.69) is 5.32 Å². The fourth-order valence-electron chi connectivity index (χ4n) is 5.60. The summed E-state index contributed by atoms with van der Waals surface area (Å²) in [4.78, 5) is 30.8. The molecule has 7 aromatic rings. The fourth-order valence-corrected chi connectivity index (χ4v) is 5.60. The molecular formula is C41H34N4O5. The van der Waals surface area contributed by atoms with E-state index in [1.165, 1.54) is 0 Å². The lowest BCUT2D eigenvalue weighted by atomic mass is 10.0. The Balaban J connectivity index is 1.14. The maximum Gasteiger partial charge on any atom is 0.411 e. The number of carbonyl (C=O) groups is 1. The Morgan fingerprint density at radius 1 is 0.640 bits per heavy atom. The van der Waals surface area contributed by atoms with Crippen LogP contribution in [0.4, 0.5) is 10.5 Å². The second-order valence-electron chi connectivity index (χ2n) is 11.7. The average Bonchev–Trinajstić information content (AvgIpc) is 3.41. The molecule has 9 heteroatoms. The van der Waals surface area contributed by atoms with E-state index in [4.69, 9.17) is 19.2 Å². The van der Waals surface area contributed by atoms with Crippen LogP contribution in [0, 0.1) is 0 Å². The van der Waals surface area contributed by atoms with Crippen molar-refractivity contribution in [3.63, 3.8) is 0 Å². The van der Waals surface area contributed by atoms with Gasteiger partial charge in [-0.25, -0.2) is 9.59 Å². The zero-order valence-electron chi connectivity index (χ0n) is 27.4. The average molecular weight is 663 g/mol.